The van der Waals surface area contributed by atoms with E-state index in [4.69, 9.17) is 9.47 Å². The first-order valence-corrected chi connectivity index (χ1v) is 7.38. The number of methoxy groups -OCH3 is 1. The molecule has 3 nitrogen and oxygen atoms in total. The maximum Gasteiger partial charge on any atom is 0.115 e. The Hall–Kier alpha value is -0.190. The fourth-order valence-electron chi connectivity index (χ4n) is 3.89. The first-order chi connectivity index (χ1) is 8.90. The lowest BCUT2D eigenvalue weighted by atomic mass is 9.71. The molecular weight excluding hydrogens is 245 g/mol. The molecule has 0 aliphatic carbocycles. The maximum absolute atomic E-state index is 13.9. The predicted octanol–water partition coefficient (Wildman–Crippen LogP) is 2.64. The molecule has 0 saturated carbocycles. The number of hydrogen-bond acceptors (Lipinski definition) is 3. The maximum atomic E-state index is 13.9. The summed E-state index contributed by atoms with van der Waals surface area (Å²) in [4.78, 5) is 2.39. The van der Waals surface area contributed by atoms with Crippen LogP contribution in [0.3, 0.4) is 0 Å². The molecule has 0 amide bonds. The Morgan fingerprint density at radius 3 is 2.68 bits per heavy atom. The minimum atomic E-state index is -0.680. The first-order valence-electron chi connectivity index (χ1n) is 7.38. The molecule has 2 aliphatic rings. The Morgan fingerprint density at radius 2 is 2.05 bits per heavy atom. The summed E-state index contributed by atoms with van der Waals surface area (Å²) in [6.07, 6.45) is 2.22. The third-order valence-electron chi connectivity index (χ3n) is 4.97. The number of nitrogens with zero attached hydrogens (tertiary/aromatic N) is 1. The average molecular weight is 273 g/mol. The summed E-state index contributed by atoms with van der Waals surface area (Å²) in [6.45, 7) is 9.26. The molecule has 3 unspecified atom stereocenters. The number of fused-ring (bicyclic) bond motifs is 1. The molecule has 3 atom stereocenters. The van der Waals surface area contributed by atoms with Gasteiger partial charge in [-0.25, -0.2) is 4.39 Å². The second-order valence-corrected chi connectivity index (χ2v) is 7.00. The van der Waals surface area contributed by atoms with Crippen molar-refractivity contribution in [3.63, 3.8) is 0 Å². The van der Waals surface area contributed by atoms with E-state index in [-0.39, 0.29) is 11.0 Å². The van der Waals surface area contributed by atoms with Gasteiger partial charge >= 0.3 is 0 Å². The molecule has 0 aromatic heterocycles. The lowest BCUT2D eigenvalue weighted by Gasteiger charge is -2.45. The van der Waals surface area contributed by atoms with Gasteiger partial charge in [-0.05, 0) is 24.7 Å². The summed E-state index contributed by atoms with van der Waals surface area (Å²) < 4.78 is 24.6. The van der Waals surface area contributed by atoms with Crippen LogP contribution < -0.4 is 0 Å². The second kappa shape index (κ2) is 5.66. The highest BCUT2D eigenvalue weighted by Crippen LogP contribution is 2.52. The second-order valence-electron chi connectivity index (χ2n) is 7.00. The van der Waals surface area contributed by atoms with E-state index in [1.54, 1.807) is 7.11 Å². The van der Waals surface area contributed by atoms with Gasteiger partial charge in [-0.3, -0.25) is 4.90 Å². The zero-order valence-corrected chi connectivity index (χ0v) is 12.7. The summed E-state index contributed by atoms with van der Waals surface area (Å²) in [5.74, 6) is 0. The van der Waals surface area contributed by atoms with Crippen LogP contribution in [0.25, 0.3) is 0 Å². The van der Waals surface area contributed by atoms with Crippen LogP contribution in [0, 0.1) is 5.41 Å². The van der Waals surface area contributed by atoms with Crippen LogP contribution in [0.1, 0.15) is 40.0 Å². The number of halogens is 1. The van der Waals surface area contributed by atoms with E-state index in [0.29, 0.717) is 38.8 Å². The van der Waals surface area contributed by atoms with Crippen molar-refractivity contribution in [2.45, 2.75) is 57.8 Å². The Labute approximate surface area is 116 Å². The molecule has 0 aromatic rings. The van der Waals surface area contributed by atoms with Crippen LogP contribution in [-0.2, 0) is 9.47 Å². The Balaban J connectivity index is 1.99. The van der Waals surface area contributed by atoms with Crippen molar-refractivity contribution >= 4 is 0 Å². The highest BCUT2D eigenvalue weighted by atomic mass is 19.1. The fourth-order valence-corrected chi connectivity index (χ4v) is 3.89. The van der Waals surface area contributed by atoms with Crippen molar-refractivity contribution in [1.82, 2.24) is 4.90 Å². The topological polar surface area (TPSA) is 21.7 Å². The summed E-state index contributed by atoms with van der Waals surface area (Å²) in [6, 6.07) is 0.372. The molecule has 4 heteroatoms. The molecule has 0 aromatic carbocycles. The molecule has 0 spiro atoms. The quantitative estimate of drug-likeness (QED) is 0.719. The van der Waals surface area contributed by atoms with Crippen LogP contribution in [0.15, 0.2) is 0 Å². The molecule has 2 rings (SSSR count). The third-order valence-corrected chi connectivity index (χ3v) is 4.97. The standard InChI is InChI=1S/C15H28FNO2/c1-14(2,3)15-6-5-13(11-19-8-7-18-4)17(15)10-12(16)9-15/h12-13H,5-11H2,1-4H3. The number of rotatable bonds is 5. The van der Waals surface area contributed by atoms with Gasteiger partial charge in [0.15, 0.2) is 0 Å². The monoisotopic (exact) mass is 273 g/mol. The van der Waals surface area contributed by atoms with Gasteiger partial charge < -0.3 is 9.47 Å². The molecular formula is C15H28FNO2. The van der Waals surface area contributed by atoms with Crippen LogP contribution in [-0.4, -0.2) is 56.1 Å². The van der Waals surface area contributed by atoms with Gasteiger partial charge in [-0.1, -0.05) is 20.8 Å². The average Bonchev–Trinajstić information content (AvgIpc) is 2.80. The van der Waals surface area contributed by atoms with Gasteiger partial charge in [0.1, 0.15) is 6.17 Å². The van der Waals surface area contributed by atoms with Crippen molar-refractivity contribution in [1.29, 1.82) is 0 Å². The molecule has 2 aliphatic heterocycles. The molecule has 2 saturated heterocycles. The Morgan fingerprint density at radius 1 is 1.32 bits per heavy atom. The van der Waals surface area contributed by atoms with Gasteiger partial charge in [-0.15, -0.1) is 0 Å². The van der Waals surface area contributed by atoms with Crippen molar-refractivity contribution in [3.05, 3.63) is 0 Å². The summed E-state index contributed by atoms with van der Waals surface area (Å²) in [5, 5.41) is 0. The molecule has 2 fully saturated rings. The van der Waals surface area contributed by atoms with Crippen LogP contribution in [0.2, 0.25) is 0 Å². The molecule has 0 bridgehead atoms. The molecule has 0 N–H and O–H groups in total. The van der Waals surface area contributed by atoms with Crippen molar-refractivity contribution in [3.8, 4) is 0 Å². The minimum absolute atomic E-state index is 0.0295. The van der Waals surface area contributed by atoms with Gasteiger partial charge in [0, 0.05) is 25.2 Å². The van der Waals surface area contributed by atoms with E-state index in [1.165, 1.54) is 0 Å². The molecule has 112 valence electrons. The van der Waals surface area contributed by atoms with Crippen LogP contribution in [0.4, 0.5) is 4.39 Å². The van der Waals surface area contributed by atoms with E-state index >= 15 is 0 Å². The number of ether oxygens (including phenoxy) is 2. The van der Waals surface area contributed by atoms with Crippen LogP contribution >= 0.6 is 0 Å². The number of alkyl halides is 1. The van der Waals surface area contributed by atoms with E-state index in [1.807, 2.05) is 0 Å². The summed E-state index contributed by atoms with van der Waals surface area (Å²) in [7, 11) is 1.68. The summed E-state index contributed by atoms with van der Waals surface area (Å²) >= 11 is 0. The Bertz CT molecular complexity index is 305. The van der Waals surface area contributed by atoms with Gasteiger partial charge in [0.05, 0.1) is 19.8 Å². The molecule has 2 heterocycles. The molecule has 19 heavy (non-hydrogen) atoms. The smallest absolute Gasteiger partial charge is 0.115 e. The van der Waals surface area contributed by atoms with E-state index in [9.17, 15) is 4.39 Å². The van der Waals surface area contributed by atoms with Crippen molar-refractivity contribution in [2.24, 2.45) is 5.41 Å². The zero-order chi connectivity index (χ0) is 14.1. The van der Waals surface area contributed by atoms with Crippen molar-refractivity contribution in [2.75, 3.05) is 33.5 Å². The van der Waals surface area contributed by atoms with Crippen LogP contribution in [0.5, 0.6) is 0 Å². The lowest BCUT2D eigenvalue weighted by Crippen LogP contribution is -2.52. The largest absolute Gasteiger partial charge is 0.382 e. The van der Waals surface area contributed by atoms with Gasteiger partial charge in [0.25, 0.3) is 0 Å². The number of hydrogen-bond donors (Lipinski definition) is 0. The zero-order valence-electron chi connectivity index (χ0n) is 12.7. The normalized spacial score (nSPS) is 35.8. The minimum Gasteiger partial charge on any atom is -0.382 e. The SMILES string of the molecule is COCCOCC1CCC2(C(C)(C)C)CC(F)CN12. The Kier molecular flexibility index (Phi) is 4.53. The van der Waals surface area contributed by atoms with E-state index in [2.05, 4.69) is 25.7 Å². The van der Waals surface area contributed by atoms with Gasteiger partial charge in [-0.2, -0.15) is 0 Å². The third kappa shape index (κ3) is 2.81. The fraction of sp³-hybridized carbons (Fsp3) is 1.00. The highest BCUT2D eigenvalue weighted by molar-refractivity contribution is 5.12. The lowest BCUT2D eigenvalue weighted by molar-refractivity contribution is 0.0000252. The summed E-state index contributed by atoms with van der Waals surface area (Å²) in [5.41, 5.74) is 0.150. The first kappa shape index (κ1) is 15.2. The molecule has 0 radical (unpaired) electrons. The van der Waals surface area contributed by atoms with E-state index in [0.717, 1.165) is 12.8 Å². The van der Waals surface area contributed by atoms with E-state index < -0.39 is 6.17 Å². The van der Waals surface area contributed by atoms with Crippen molar-refractivity contribution < 1.29 is 13.9 Å². The highest BCUT2D eigenvalue weighted by Gasteiger charge is 2.58. The van der Waals surface area contributed by atoms with Gasteiger partial charge in [0.2, 0.25) is 0 Å². The predicted molar refractivity (Wildman–Crippen MR) is 74.1 cm³/mol.